The van der Waals surface area contributed by atoms with Gasteiger partial charge in [-0.15, -0.1) is 0 Å². The number of imide groups is 1. The number of allylic oxidation sites excluding steroid dienone is 2. The lowest BCUT2D eigenvalue weighted by molar-refractivity contribution is -0.123. The van der Waals surface area contributed by atoms with Gasteiger partial charge in [0, 0.05) is 0 Å². The van der Waals surface area contributed by atoms with E-state index in [4.69, 9.17) is 0 Å². The average Bonchev–Trinajstić information content (AvgIpc) is 3.06. The number of fused-ring (bicyclic) bond motifs is 3. The third-order valence-corrected chi connectivity index (χ3v) is 5.87. The number of anilines is 1. The Labute approximate surface area is 117 Å². The Kier molecular flexibility index (Phi) is 1.74. The third-order valence-electron chi connectivity index (χ3n) is 5.87. The summed E-state index contributed by atoms with van der Waals surface area (Å²) in [5.41, 5.74) is 1.00. The van der Waals surface area contributed by atoms with Gasteiger partial charge in [-0.2, -0.15) is 0 Å². The quantitative estimate of drug-likeness (QED) is 0.577. The fraction of sp³-hybridized carbons (Fsp3) is 0.412. The molecule has 0 radical (unpaired) electrons. The molecule has 2 bridgehead atoms. The highest BCUT2D eigenvalue weighted by molar-refractivity contribution is 6.23. The van der Waals surface area contributed by atoms with Gasteiger partial charge in [0.1, 0.15) is 0 Å². The number of benzene rings is 1. The highest BCUT2D eigenvalue weighted by Crippen LogP contribution is 2.73. The molecule has 1 heterocycles. The summed E-state index contributed by atoms with van der Waals surface area (Å²) >= 11 is 0. The zero-order valence-electron chi connectivity index (χ0n) is 11.0. The van der Waals surface area contributed by atoms with E-state index in [9.17, 15) is 9.59 Å². The predicted molar refractivity (Wildman–Crippen MR) is 73.7 cm³/mol. The first-order valence-corrected chi connectivity index (χ1v) is 7.35. The zero-order valence-corrected chi connectivity index (χ0v) is 11.0. The van der Waals surface area contributed by atoms with Crippen molar-refractivity contribution in [2.24, 2.45) is 29.1 Å². The largest absolute Gasteiger partial charge is 0.274 e. The predicted octanol–water partition coefficient (Wildman–Crippen LogP) is 2.39. The fourth-order valence-corrected chi connectivity index (χ4v) is 4.91. The number of hydrogen-bond donors (Lipinski definition) is 0. The van der Waals surface area contributed by atoms with E-state index in [0.717, 1.165) is 5.69 Å². The first-order valence-electron chi connectivity index (χ1n) is 7.35. The van der Waals surface area contributed by atoms with Crippen LogP contribution in [-0.4, -0.2) is 11.8 Å². The van der Waals surface area contributed by atoms with Crippen molar-refractivity contribution in [2.75, 3.05) is 4.90 Å². The number of carbonyl (C=O) groups excluding carboxylic acids is 2. The van der Waals surface area contributed by atoms with Gasteiger partial charge in [0.2, 0.25) is 11.8 Å². The summed E-state index contributed by atoms with van der Waals surface area (Å²) in [6, 6.07) is 9.34. The molecular weight excluding hydrogens is 250 g/mol. The minimum atomic E-state index is -0.0970. The molecule has 4 aliphatic rings. The van der Waals surface area contributed by atoms with Crippen molar-refractivity contribution in [3.05, 3.63) is 42.5 Å². The van der Waals surface area contributed by atoms with E-state index >= 15 is 0 Å². The van der Waals surface area contributed by atoms with E-state index in [1.807, 2.05) is 30.3 Å². The summed E-state index contributed by atoms with van der Waals surface area (Å²) in [6.07, 6.45) is 6.79. The molecule has 1 spiro atoms. The third kappa shape index (κ3) is 1.02. The topological polar surface area (TPSA) is 37.4 Å². The molecule has 1 aliphatic heterocycles. The van der Waals surface area contributed by atoms with Crippen LogP contribution in [0.5, 0.6) is 0 Å². The van der Waals surface area contributed by atoms with Gasteiger partial charge in [-0.05, 0) is 42.2 Å². The number of para-hydroxylation sites is 1. The van der Waals surface area contributed by atoms with Crippen molar-refractivity contribution in [1.82, 2.24) is 0 Å². The standard InChI is InChI=1S/C17H15NO2/c19-15-13-11-6-7-12(17(11)8-9-17)14(13)16(20)18(15)10-4-2-1-3-5-10/h1-7,11-14H,8-9H2/t11?,12?,13-,14?/m0/s1. The van der Waals surface area contributed by atoms with Crippen LogP contribution < -0.4 is 4.90 Å². The summed E-state index contributed by atoms with van der Waals surface area (Å²) in [7, 11) is 0. The average molecular weight is 265 g/mol. The van der Waals surface area contributed by atoms with Crippen LogP contribution in [0.2, 0.25) is 0 Å². The van der Waals surface area contributed by atoms with Gasteiger partial charge < -0.3 is 0 Å². The van der Waals surface area contributed by atoms with E-state index in [1.165, 1.54) is 17.7 Å². The molecule has 1 aromatic rings. The Morgan fingerprint density at radius 3 is 1.95 bits per heavy atom. The molecular formula is C17H15NO2. The van der Waals surface area contributed by atoms with E-state index in [2.05, 4.69) is 12.2 Å². The van der Waals surface area contributed by atoms with Crippen molar-refractivity contribution in [2.45, 2.75) is 12.8 Å². The molecule has 2 saturated carbocycles. The van der Waals surface area contributed by atoms with Gasteiger partial charge >= 0.3 is 0 Å². The Bertz CT molecular complexity index is 625. The molecule has 0 aromatic heterocycles. The Morgan fingerprint density at radius 1 is 0.900 bits per heavy atom. The number of nitrogens with zero attached hydrogens (tertiary/aromatic N) is 1. The van der Waals surface area contributed by atoms with Crippen LogP contribution in [-0.2, 0) is 9.59 Å². The maximum absolute atomic E-state index is 12.8. The van der Waals surface area contributed by atoms with Crippen molar-refractivity contribution in [3.8, 4) is 0 Å². The smallest absolute Gasteiger partial charge is 0.238 e. The minimum absolute atomic E-state index is 0.0225. The molecule has 4 atom stereocenters. The van der Waals surface area contributed by atoms with Gasteiger partial charge in [-0.1, -0.05) is 30.4 Å². The molecule has 0 N–H and O–H groups in total. The minimum Gasteiger partial charge on any atom is -0.274 e. The molecule has 3 fully saturated rings. The van der Waals surface area contributed by atoms with Crippen molar-refractivity contribution >= 4 is 17.5 Å². The summed E-state index contributed by atoms with van der Waals surface area (Å²) in [6.45, 7) is 0. The molecule has 20 heavy (non-hydrogen) atoms. The monoisotopic (exact) mass is 265 g/mol. The second kappa shape index (κ2) is 3.22. The number of rotatable bonds is 1. The molecule has 3 heteroatoms. The summed E-state index contributed by atoms with van der Waals surface area (Å²) in [5.74, 6) is 0.467. The molecule has 2 amide bonds. The Balaban J connectivity index is 1.60. The highest BCUT2D eigenvalue weighted by atomic mass is 16.2. The van der Waals surface area contributed by atoms with Gasteiger partial charge in [-0.3, -0.25) is 14.5 Å². The number of amides is 2. The van der Waals surface area contributed by atoms with E-state index in [1.54, 1.807) is 0 Å². The van der Waals surface area contributed by atoms with Crippen molar-refractivity contribution in [1.29, 1.82) is 0 Å². The van der Waals surface area contributed by atoms with Crippen molar-refractivity contribution in [3.63, 3.8) is 0 Å². The van der Waals surface area contributed by atoms with E-state index in [-0.39, 0.29) is 29.1 Å². The zero-order chi connectivity index (χ0) is 13.5. The van der Waals surface area contributed by atoms with E-state index in [0.29, 0.717) is 11.8 Å². The Hall–Kier alpha value is -1.90. The van der Waals surface area contributed by atoms with Gasteiger partial charge in [0.25, 0.3) is 0 Å². The summed E-state index contributed by atoms with van der Waals surface area (Å²) in [5, 5.41) is 0. The number of carbonyl (C=O) groups is 2. The SMILES string of the molecule is O=C1C2C3C=CC([C@@H]2C(=O)N1c1ccccc1)C31CC1. The van der Waals surface area contributed by atoms with Crippen LogP contribution in [0.25, 0.3) is 0 Å². The van der Waals surface area contributed by atoms with Crippen molar-refractivity contribution < 1.29 is 9.59 Å². The van der Waals surface area contributed by atoms with Crippen LogP contribution in [0.1, 0.15) is 12.8 Å². The van der Waals surface area contributed by atoms with Gasteiger partial charge in [0.15, 0.2) is 0 Å². The lowest BCUT2D eigenvalue weighted by Gasteiger charge is -2.21. The van der Waals surface area contributed by atoms with Crippen LogP contribution >= 0.6 is 0 Å². The normalized spacial score (nSPS) is 38.9. The molecule has 100 valence electrons. The molecule has 5 rings (SSSR count). The highest BCUT2D eigenvalue weighted by Gasteiger charge is 2.73. The summed E-state index contributed by atoms with van der Waals surface area (Å²) in [4.78, 5) is 27.0. The second-order valence-corrected chi connectivity index (χ2v) is 6.57. The molecule has 1 saturated heterocycles. The lowest BCUT2D eigenvalue weighted by Crippen LogP contribution is -2.34. The summed E-state index contributed by atoms with van der Waals surface area (Å²) < 4.78 is 0. The number of hydrogen-bond acceptors (Lipinski definition) is 2. The molecule has 3 aliphatic carbocycles. The Morgan fingerprint density at radius 2 is 1.45 bits per heavy atom. The maximum atomic E-state index is 12.8. The van der Waals surface area contributed by atoms with Crippen LogP contribution in [0.4, 0.5) is 5.69 Å². The molecule has 1 aromatic carbocycles. The maximum Gasteiger partial charge on any atom is 0.238 e. The lowest BCUT2D eigenvalue weighted by atomic mass is 9.85. The molecule has 3 unspecified atom stereocenters. The molecule has 3 nitrogen and oxygen atoms in total. The first-order chi connectivity index (χ1) is 9.74. The van der Waals surface area contributed by atoms with E-state index < -0.39 is 0 Å². The van der Waals surface area contributed by atoms with Gasteiger partial charge in [-0.25, -0.2) is 0 Å². The van der Waals surface area contributed by atoms with Crippen LogP contribution in [0.3, 0.4) is 0 Å². The van der Waals surface area contributed by atoms with Crippen LogP contribution in [0, 0.1) is 29.1 Å². The van der Waals surface area contributed by atoms with Crippen LogP contribution in [0.15, 0.2) is 42.5 Å². The van der Waals surface area contributed by atoms with Gasteiger partial charge in [0.05, 0.1) is 17.5 Å². The second-order valence-electron chi connectivity index (χ2n) is 6.57. The first kappa shape index (κ1) is 10.8. The fourth-order valence-electron chi connectivity index (χ4n) is 4.91.